The lowest BCUT2D eigenvalue weighted by Crippen LogP contribution is -2.50. The second kappa shape index (κ2) is 6.05. The lowest BCUT2D eigenvalue weighted by molar-refractivity contribution is -0.128. The van der Waals surface area contributed by atoms with Gasteiger partial charge in [-0.3, -0.25) is 9.69 Å². The number of hydrogen-bond donors (Lipinski definition) is 2. The minimum Gasteiger partial charge on any atom is -0.394 e. The molecule has 0 aromatic heterocycles. The summed E-state index contributed by atoms with van der Waals surface area (Å²) in [5.74, 6) is 0.0308. The molecule has 1 fully saturated rings. The Kier molecular flexibility index (Phi) is 5.01. The van der Waals surface area contributed by atoms with Crippen LogP contribution >= 0.6 is 0 Å². The van der Waals surface area contributed by atoms with Crippen molar-refractivity contribution >= 4 is 5.91 Å². The van der Waals surface area contributed by atoms with Gasteiger partial charge in [0.05, 0.1) is 25.4 Å². The van der Waals surface area contributed by atoms with E-state index in [0.717, 1.165) is 6.54 Å². The second-order valence-corrected chi connectivity index (χ2v) is 3.90. The number of rotatable bonds is 4. The van der Waals surface area contributed by atoms with Crippen molar-refractivity contribution in [1.82, 2.24) is 10.2 Å². The molecule has 1 saturated heterocycles. The van der Waals surface area contributed by atoms with Gasteiger partial charge in [-0.15, -0.1) is 0 Å². The van der Waals surface area contributed by atoms with Gasteiger partial charge in [0, 0.05) is 19.6 Å². The maximum atomic E-state index is 11.4. The highest BCUT2D eigenvalue weighted by molar-refractivity contribution is 5.77. The van der Waals surface area contributed by atoms with Crippen molar-refractivity contribution in [3.63, 3.8) is 0 Å². The number of carbonyl (C=O) groups is 1. The Morgan fingerprint density at radius 3 is 2.93 bits per heavy atom. The Hall–Kier alpha value is -0.650. The lowest BCUT2D eigenvalue weighted by Gasteiger charge is -2.35. The Bertz CT molecular complexity index is 211. The molecule has 1 rings (SSSR count). The van der Waals surface area contributed by atoms with Crippen molar-refractivity contribution in [3.8, 4) is 0 Å². The Balaban J connectivity index is 2.37. The van der Waals surface area contributed by atoms with Crippen LogP contribution in [0.5, 0.6) is 0 Å². The van der Waals surface area contributed by atoms with Crippen LogP contribution in [0.4, 0.5) is 0 Å². The molecule has 0 aromatic carbocycles. The van der Waals surface area contributed by atoms with Crippen LogP contribution in [-0.2, 0) is 9.53 Å². The van der Waals surface area contributed by atoms with E-state index in [0.29, 0.717) is 19.6 Å². The Morgan fingerprint density at radius 2 is 2.33 bits per heavy atom. The summed E-state index contributed by atoms with van der Waals surface area (Å²) in [5.41, 5.74) is 0. The molecule has 2 N–H and O–H groups in total. The van der Waals surface area contributed by atoms with Crippen LogP contribution in [-0.4, -0.2) is 60.9 Å². The van der Waals surface area contributed by atoms with Gasteiger partial charge >= 0.3 is 0 Å². The van der Waals surface area contributed by atoms with Gasteiger partial charge in [-0.1, -0.05) is 0 Å². The van der Waals surface area contributed by atoms with Crippen molar-refractivity contribution in [3.05, 3.63) is 0 Å². The van der Waals surface area contributed by atoms with Gasteiger partial charge in [-0.05, 0) is 13.8 Å². The van der Waals surface area contributed by atoms with E-state index >= 15 is 0 Å². The first kappa shape index (κ1) is 12.4. The van der Waals surface area contributed by atoms with E-state index in [9.17, 15) is 4.79 Å². The number of aliphatic hydroxyl groups excluding tert-OH is 1. The third-order valence-corrected chi connectivity index (χ3v) is 2.35. The minimum absolute atomic E-state index is 0.0102. The van der Waals surface area contributed by atoms with Crippen LogP contribution in [0.2, 0.25) is 0 Å². The van der Waals surface area contributed by atoms with Crippen molar-refractivity contribution in [2.75, 3.05) is 32.8 Å². The molecule has 0 aliphatic carbocycles. The first-order valence-electron chi connectivity index (χ1n) is 5.41. The molecule has 5 nitrogen and oxygen atoms in total. The molecule has 2 atom stereocenters. The molecular formula is C10H20N2O3. The molecule has 1 aliphatic heterocycles. The third-order valence-electron chi connectivity index (χ3n) is 2.35. The summed E-state index contributed by atoms with van der Waals surface area (Å²) in [6.45, 7) is 6.27. The summed E-state index contributed by atoms with van der Waals surface area (Å²) in [4.78, 5) is 13.4. The average Bonchev–Trinajstić information content (AvgIpc) is 2.17. The second-order valence-electron chi connectivity index (χ2n) is 3.90. The predicted octanol–water partition coefficient (Wildman–Crippen LogP) is -0.796. The number of morpholine rings is 1. The SMILES string of the molecule is CCNC(=O)CN1CC(C)OC(CO)C1. The monoisotopic (exact) mass is 216 g/mol. The summed E-state index contributed by atoms with van der Waals surface area (Å²) < 4.78 is 5.48. The number of ether oxygens (including phenoxy) is 1. The summed E-state index contributed by atoms with van der Waals surface area (Å²) in [7, 11) is 0. The molecule has 15 heavy (non-hydrogen) atoms. The summed E-state index contributed by atoms with van der Waals surface area (Å²) in [6, 6.07) is 0. The van der Waals surface area contributed by atoms with Gasteiger partial charge < -0.3 is 15.2 Å². The van der Waals surface area contributed by atoms with E-state index in [1.165, 1.54) is 0 Å². The Labute approximate surface area is 90.4 Å². The number of nitrogens with zero attached hydrogens (tertiary/aromatic N) is 1. The van der Waals surface area contributed by atoms with Crippen LogP contribution in [0, 0.1) is 0 Å². The predicted molar refractivity (Wildman–Crippen MR) is 56.5 cm³/mol. The average molecular weight is 216 g/mol. The van der Waals surface area contributed by atoms with Gasteiger partial charge in [-0.2, -0.15) is 0 Å². The number of amides is 1. The van der Waals surface area contributed by atoms with Crippen LogP contribution in [0.25, 0.3) is 0 Å². The number of aliphatic hydroxyl groups is 1. The molecular weight excluding hydrogens is 196 g/mol. The number of nitrogens with one attached hydrogen (secondary N) is 1. The number of likely N-dealkylation sites (N-methyl/N-ethyl adjacent to an activating group) is 1. The van der Waals surface area contributed by atoms with Gasteiger partial charge in [-0.25, -0.2) is 0 Å². The molecule has 0 bridgehead atoms. The quantitative estimate of drug-likeness (QED) is 0.646. The fourth-order valence-electron chi connectivity index (χ4n) is 1.83. The van der Waals surface area contributed by atoms with Crippen LogP contribution < -0.4 is 5.32 Å². The van der Waals surface area contributed by atoms with E-state index < -0.39 is 0 Å². The highest BCUT2D eigenvalue weighted by Gasteiger charge is 2.25. The van der Waals surface area contributed by atoms with Gasteiger partial charge in [0.2, 0.25) is 5.91 Å². The van der Waals surface area contributed by atoms with Gasteiger partial charge in [0.15, 0.2) is 0 Å². The zero-order valence-electron chi connectivity index (χ0n) is 9.40. The maximum Gasteiger partial charge on any atom is 0.234 e. The van der Waals surface area contributed by atoms with E-state index in [4.69, 9.17) is 9.84 Å². The molecule has 1 heterocycles. The lowest BCUT2D eigenvalue weighted by atomic mass is 10.2. The highest BCUT2D eigenvalue weighted by Crippen LogP contribution is 2.09. The third kappa shape index (κ3) is 4.15. The first-order chi connectivity index (χ1) is 7.15. The summed E-state index contributed by atoms with van der Waals surface area (Å²) >= 11 is 0. The standard InChI is InChI=1S/C10H20N2O3/c1-3-11-10(14)6-12-4-8(2)15-9(5-12)7-13/h8-9,13H,3-7H2,1-2H3,(H,11,14). The zero-order chi connectivity index (χ0) is 11.3. The minimum atomic E-state index is -0.164. The summed E-state index contributed by atoms with van der Waals surface area (Å²) in [6.07, 6.45) is -0.0893. The first-order valence-corrected chi connectivity index (χ1v) is 5.41. The van der Waals surface area contributed by atoms with E-state index in [1.54, 1.807) is 0 Å². The van der Waals surface area contributed by atoms with Crippen molar-refractivity contribution in [2.45, 2.75) is 26.1 Å². The smallest absolute Gasteiger partial charge is 0.234 e. The molecule has 2 unspecified atom stereocenters. The number of carbonyl (C=O) groups excluding carboxylic acids is 1. The van der Waals surface area contributed by atoms with Gasteiger partial charge in [0.1, 0.15) is 0 Å². The fourth-order valence-corrected chi connectivity index (χ4v) is 1.83. The van der Waals surface area contributed by atoms with E-state index in [-0.39, 0.29) is 24.7 Å². The largest absolute Gasteiger partial charge is 0.394 e. The van der Waals surface area contributed by atoms with Gasteiger partial charge in [0.25, 0.3) is 0 Å². The zero-order valence-corrected chi connectivity index (χ0v) is 9.40. The molecule has 5 heteroatoms. The van der Waals surface area contributed by atoms with Crippen LogP contribution in [0.1, 0.15) is 13.8 Å². The van der Waals surface area contributed by atoms with Crippen molar-refractivity contribution in [1.29, 1.82) is 0 Å². The Morgan fingerprint density at radius 1 is 1.60 bits per heavy atom. The molecule has 1 aliphatic rings. The van der Waals surface area contributed by atoms with Crippen molar-refractivity contribution in [2.24, 2.45) is 0 Å². The number of hydrogen-bond acceptors (Lipinski definition) is 4. The molecule has 0 saturated carbocycles. The van der Waals surface area contributed by atoms with E-state index in [1.807, 2.05) is 18.7 Å². The van der Waals surface area contributed by atoms with E-state index in [2.05, 4.69) is 5.32 Å². The highest BCUT2D eigenvalue weighted by atomic mass is 16.5. The maximum absolute atomic E-state index is 11.4. The molecule has 0 spiro atoms. The summed E-state index contributed by atoms with van der Waals surface area (Å²) in [5, 5.41) is 11.8. The fraction of sp³-hybridized carbons (Fsp3) is 0.900. The molecule has 0 aromatic rings. The normalized spacial score (nSPS) is 27.7. The molecule has 0 radical (unpaired) electrons. The van der Waals surface area contributed by atoms with Crippen molar-refractivity contribution < 1.29 is 14.6 Å². The van der Waals surface area contributed by atoms with Crippen LogP contribution in [0.3, 0.4) is 0 Å². The van der Waals surface area contributed by atoms with Crippen LogP contribution in [0.15, 0.2) is 0 Å². The molecule has 88 valence electrons. The topological polar surface area (TPSA) is 61.8 Å². The molecule has 1 amide bonds.